The number of benzene rings is 3. The number of carboxylic acid groups (broad SMARTS) is 1. The Morgan fingerprint density at radius 2 is 1.41 bits per heavy atom. The second kappa shape index (κ2) is 7.64. The van der Waals surface area contributed by atoms with Crippen molar-refractivity contribution < 1.29 is 19.4 Å². The van der Waals surface area contributed by atoms with Crippen LogP contribution in [0.4, 0.5) is 0 Å². The second-order valence-electron chi connectivity index (χ2n) is 6.44. The maximum Gasteiger partial charge on any atom is 0.337 e. The molecule has 1 heterocycles. The molecule has 0 atom stereocenters. The predicted molar refractivity (Wildman–Crippen MR) is 113 cm³/mol. The quantitative estimate of drug-likeness (QED) is 0.506. The number of nitrogens with zero attached hydrogens (tertiary/aromatic N) is 1. The predicted octanol–water partition coefficient (Wildman–Crippen LogP) is 5.28. The molecule has 0 unspecified atom stereocenters. The van der Waals surface area contributed by atoms with Crippen LogP contribution in [0.1, 0.15) is 10.4 Å². The molecule has 4 aromatic rings. The number of hydrogen-bond donors (Lipinski definition) is 1. The molecule has 0 aliphatic heterocycles. The topological polar surface area (TPSA) is 68.7 Å². The maximum absolute atomic E-state index is 12.5. The molecule has 0 spiro atoms. The van der Waals surface area contributed by atoms with Crippen LogP contribution in [-0.2, 0) is 0 Å². The van der Waals surface area contributed by atoms with Gasteiger partial charge in [0.15, 0.2) is 0 Å². The van der Waals surface area contributed by atoms with Gasteiger partial charge in [0.05, 0.1) is 36.6 Å². The van der Waals surface area contributed by atoms with Crippen LogP contribution in [0, 0.1) is 0 Å². The van der Waals surface area contributed by atoms with E-state index in [0.29, 0.717) is 39.2 Å². The molecule has 5 heteroatoms. The summed E-state index contributed by atoms with van der Waals surface area (Å²) in [5.41, 5.74) is 3.18. The van der Waals surface area contributed by atoms with E-state index in [2.05, 4.69) is 0 Å². The number of methoxy groups -OCH3 is 2. The standard InChI is InChI=1S/C24H19NO4/c1-28-18-13-8-14-19(29-2)21(18)22-20(24(26)27)16-11-6-7-12-17(16)25-23(22)15-9-4-3-5-10-15/h3-14H,1-2H3,(H,26,27). The van der Waals surface area contributed by atoms with Crippen molar-refractivity contribution in [3.63, 3.8) is 0 Å². The van der Waals surface area contributed by atoms with Crippen LogP contribution >= 0.6 is 0 Å². The first-order valence-corrected chi connectivity index (χ1v) is 9.08. The number of fused-ring (bicyclic) bond motifs is 1. The average Bonchev–Trinajstić information content (AvgIpc) is 2.77. The molecule has 0 fully saturated rings. The van der Waals surface area contributed by atoms with Gasteiger partial charge in [0.2, 0.25) is 0 Å². The number of rotatable bonds is 5. The fourth-order valence-corrected chi connectivity index (χ4v) is 3.58. The molecule has 144 valence electrons. The lowest BCUT2D eigenvalue weighted by Crippen LogP contribution is -2.06. The zero-order valence-electron chi connectivity index (χ0n) is 16.0. The van der Waals surface area contributed by atoms with Crippen LogP contribution in [-0.4, -0.2) is 30.3 Å². The van der Waals surface area contributed by atoms with Crippen molar-refractivity contribution in [3.05, 3.63) is 78.4 Å². The van der Waals surface area contributed by atoms with Gasteiger partial charge in [-0.05, 0) is 18.2 Å². The minimum absolute atomic E-state index is 0.164. The molecule has 0 saturated heterocycles. The van der Waals surface area contributed by atoms with Crippen LogP contribution in [0.5, 0.6) is 11.5 Å². The molecule has 5 nitrogen and oxygen atoms in total. The lowest BCUT2D eigenvalue weighted by Gasteiger charge is -2.19. The number of para-hydroxylation sites is 1. The molecule has 0 amide bonds. The molecule has 0 radical (unpaired) electrons. The molecule has 0 bridgehead atoms. The van der Waals surface area contributed by atoms with Crippen molar-refractivity contribution in [2.24, 2.45) is 0 Å². The molecule has 1 N–H and O–H groups in total. The van der Waals surface area contributed by atoms with Gasteiger partial charge < -0.3 is 14.6 Å². The largest absolute Gasteiger partial charge is 0.496 e. The molecular weight excluding hydrogens is 366 g/mol. The first-order valence-electron chi connectivity index (χ1n) is 9.08. The Morgan fingerprint density at radius 3 is 2.03 bits per heavy atom. The number of carbonyl (C=O) groups is 1. The molecule has 0 saturated carbocycles. The number of aromatic nitrogens is 1. The molecule has 0 aliphatic rings. The Kier molecular flexibility index (Phi) is 4.87. The summed E-state index contributed by atoms with van der Waals surface area (Å²) in [6.45, 7) is 0. The molecule has 3 aromatic carbocycles. The van der Waals surface area contributed by atoms with Crippen molar-refractivity contribution in [1.82, 2.24) is 4.98 Å². The van der Waals surface area contributed by atoms with Crippen LogP contribution in [0.3, 0.4) is 0 Å². The molecule has 29 heavy (non-hydrogen) atoms. The Labute approximate surface area is 168 Å². The SMILES string of the molecule is COc1cccc(OC)c1-c1c(-c2ccccc2)nc2ccccc2c1C(=O)O. The fourth-order valence-electron chi connectivity index (χ4n) is 3.58. The first kappa shape index (κ1) is 18.5. The Bertz CT molecular complexity index is 1180. The highest BCUT2D eigenvalue weighted by Gasteiger charge is 2.26. The van der Waals surface area contributed by atoms with Gasteiger partial charge in [0.1, 0.15) is 11.5 Å². The summed E-state index contributed by atoms with van der Waals surface area (Å²) in [6, 6.07) is 22.1. The fraction of sp³-hybridized carbons (Fsp3) is 0.0833. The first-order chi connectivity index (χ1) is 14.2. The minimum Gasteiger partial charge on any atom is -0.496 e. The van der Waals surface area contributed by atoms with Gasteiger partial charge in [0.25, 0.3) is 0 Å². The van der Waals surface area contributed by atoms with Gasteiger partial charge >= 0.3 is 5.97 Å². The van der Waals surface area contributed by atoms with E-state index < -0.39 is 5.97 Å². The number of ether oxygens (including phenoxy) is 2. The summed E-state index contributed by atoms with van der Waals surface area (Å²) in [6.07, 6.45) is 0. The van der Waals surface area contributed by atoms with Crippen molar-refractivity contribution in [1.29, 1.82) is 0 Å². The highest BCUT2D eigenvalue weighted by atomic mass is 16.5. The Balaban J connectivity index is 2.24. The summed E-state index contributed by atoms with van der Waals surface area (Å²) in [7, 11) is 3.10. The van der Waals surface area contributed by atoms with E-state index in [4.69, 9.17) is 14.5 Å². The van der Waals surface area contributed by atoms with Crippen molar-refractivity contribution >= 4 is 16.9 Å². The third kappa shape index (κ3) is 3.17. The molecular formula is C24H19NO4. The lowest BCUT2D eigenvalue weighted by molar-refractivity contribution is 0.0700. The van der Waals surface area contributed by atoms with Crippen LogP contribution < -0.4 is 9.47 Å². The van der Waals surface area contributed by atoms with Crippen LogP contribution in [0.15, 0.2) is 72.8 Å². The molecule has 4 rings (SSSR count). The Morgan fingerprint density at radius 1 is 0.793 bits per heavy atom. The van der Waals surface area contributed by atoms with E-state index in [1.807, 2.05) is 48.5 Å². The highest BCUT2D eigenvalue weighted by Crippen LogP contribution is 2.45. The number of hydrogen-bond acceptors (Lipinski definition) is 4. The third-order valence-corrected chi connectivity index (χ3v) is 4.83. The van der Waals surface area contributed by atoms with Gasteiger partial charge in [0, 0.05) is 16.5 Å². The summed E-state index contributed by atoms with van der Waals surface area (Å²) in [5.74, 6) is -0.00837. The molecule has 1 aromatic heterocycles. The van der Waals surface area contributed by atoms with Crippen LogP contribution in [0.2, 0.25) is 0 Å². The van der Waals surface area contributed by atoms with Gasteiger partial charge in [-0.3, -0.25) is 0 Å². The summed E-state index contributed by atoms with van der Waals surface area (Å²) >= 11 is 0. The molecule has 0 aliphatic carbocycles. The smallest absolute Gasteiger partial charge is 0.337 e. The van der Waals surface area contributed by atoms with Gasteiger partial charge in [-0.2, -0.15) is 0 Å². The zero-order valence-corrected chi connectivity index (χ0v) is 16.0. The summed E-state index contributed by atoms with van der Waals surface area (Å²) in [5, 5.41) is 10.8. The average molecular weight is 385 g/mol. The van der Waals surface area contributed by atoms with Crippen molar-refractivity contribution in [2.45, 2.75) is 0 Å². The number of carboxylic acids is 1. The van der Waals surface area contributed by atoms with E-state index in [9.17, 15) is 9.90 Å². The van der Waals surface area contributed by atoms with Crippen molar-refractivity contribution in [3.8, 4) is 33.9 Å². The van der Waals surface area contributed by atoms with Gasteiger partial charge in [-0.25, -0.2) is 9.78 Å². The summed E-state index contributed by atoms with van der Waals surface area (Å²) < 4.78 is 11.2. The summed E-state index contributed by atoms with van der Waals surface area (Å²) in [4.78, 5) is 17.3. The normalized spacial score (nSPS) is 10.7. The zero-order chi connectivity index (χ0) is 20.4. The highest BCUT2D eigenvalue weighted by molar-refractivity contribution is 6.12. The Hall–Kier alpha value is -3.86. The maximum atomic E-state index is 12.5. The van der Waals surface area contributed by atoms with E-state index in [1.165, 1.54) is 0 Å². The number of aromatic carboxylic acids is 1. The van der Waals surface area contributed by atoms with Gasteiger partial charge in [-0.1, -0.05) is 54.6 Å². The third-order valence-electron chi connectivity index (χ3n) is 4.83. The van der Waals surface area contributed by atoms with E-state index in [-0.39, 0.29) is 5.56 Å². The van der Waals surface area contributed by atoms with Gasteiger partial charge in [-0.15, -0.1) is 0 Å². The van der Waals surface area contributed by atoms with Crippen molar-refractivity contribution in [2.75, 3.05) is 14.2 Å². The van der Waals surface area contributed by atoms with Crippen LogP contribution in [0.25, 0.3) is 33.3 Å². The van der Waals surface area contributed by atoms with E-state index >= 15 is 0 Å². The van der Waals surface area contributed by atoms with E-state index in [1.54, 1.807) is 38.5 Å². The monoisotopic (exact) mass is 385 g/mol. The minimum atomic E-state index is -1.04. The number of pyridine rings is 1. The second-order valence-corrected chi connectivity index (χ2v) is 6.44. The lowest BCUT2D eigenvalue weighted by atomic mass is 9.90. The van der Waals surface area contributed by atoms with E-state index in [0.717, 1.165) is 5.56 Å².